The van der Waals surface area contributed by atoms with Crippen molar-refractivity contribution in [2.24, 2.45) is 0 Å². The number of hydrogen-bond acceptors (Lipinski definition) is 7. The predicted octanol–water partition coefficient (Wildman–Crippen LogP) is 4.85. The van der Waals surface area contributed by atoms with Crippen LogP contribution < -0.4 is 5.32 Å². The van der Waals surface area contributed by atoms with Gasteiger partial charge in [0.2, 0.25) is 0 Å². The first-order valence-electron chi connectivity index (χ1n) is 11.2. The van der Waals surface area contributed by atoms with Gasteiger partial charge in [-0.25, -0.2) is 15.0 Å². The number of imidazole rings is 1. The SMILES string of the molecule is CC(C)n1cnnc1-c1cccc(NC(=O)c2nc3cccc(-n4cnc(C5CC5)c4)c3s2)n1. The van der Waals surface area contributed by atoms with Crippen molar-refractivity contribution >= 4 is 33.3 Å². The van der Waals surface area contributed by atoms with Gasteiger partial charge in [0.15, 0.2) is 10.8 Å². The molecule has 1 saturated carbocycles. The van der Waals surface area contributed by atoms with Crippen LogP contribution in [0.2, 0.25) is 0 Å². The van der Waals surface area contributed by atoms with Gasteiger partial charge in [-0.2, -0.15) is 0 Å². The second-order valence-electron chi connectivity index (χ2n) is 8.64. The number of pyridine rings is 1. The van der Waals surface area contributed by atoms with Crippen molar-refractivity contribution in [3.8, 4) is 17.2 Å². The van der Waals surface area contributed by atoms with Gasteiger partial charge in [0, 0.05) is 18.2 Å². The Labute approximate surface area is 199 Å². The van der Waals surface area contributed by atoms with Crippen LogP contribution in [-0.4, -0.2) is 40.2 Å². The number of amides is 1. The van der Waals surface area contributed by atoms with Crippen LogP contribution in [0.5, 0.6) is 0 Å². The van der Waals surface area contributed by atoms with Gasteiger partial charge in [0.05, 0.1) is 27.9 Å². The lowest BCUT2D eigenvalue weighted by atomic mass is 10.3. The van der Waals surface area contributed by atoms with E-state index < -0.39 is 0 Å². The predicted molar refractivity (Wildman–Crippen MR) is 130 cm³/mol. The molecule has 1 aliphatic carbocycles. The molecule has 0 bridgehead atoms. The van der Waals surface area contributed by atoms with E-state index in [0.29, 0.717) is 28.3 Å². The lowest BCUT2D eigenvalue weighted by Crippen LogP contribution is -2.13. The normalized spacial score (nSPS) is 13.6. The highest BCUT2D eigenvalue weighted by Crippen LogP contribution is 2.39. The maximum Gasteiger partial charge on any atom is 0.285 e. The molecule has 0 atom stereocenters. The summed E-state index contributed by atoms with van der Waals surface area (Å²) in [6.45, 7) is 4.10. The van der Waals surface area contributed by atoms with Crippen molar-refractivity contribution in [3.05, 3.63) is 66.0 Å². The number of fused-ring (bicyclic) bond motifs is 1. The summed E-state index contributed by atoms with van der Waals surface area (Å²) in [5.41, 5.74) is 3.52. The minimum atomic E-state index is -0.300. The molecule has 4 heterocycles. The average Bonchev–Trinajstić information content (AvgIpc) is 3.25. The van der Waals surface area contributed by atoms with Gasteiger partial charge in [-0.15, -0.1) is 21.5 Å². The number of aromatic nitrogens is 7. The van der Waals surface area contributed by atoms with Crippen LogP contribution in [0.15, 0.2) is 55.2 Å². The standard InChI is InChI=1S/C24H22N8OS/c1-14(2)32-13-26-30-22(32)17-6-4-8-20(27-17)29-23(33)24-28-16-5-3-7-19(21(16)34-24)31-11-18(25-12-31)15-9-10-15/h3-8,11-15H,9-10H2,1-2H3,(H,27,29,33). The molecule has 0 unspecified atom stereocenters. The fraction of sp³-hybridized carbons (Fsp3) is 0.250. The Balaban J connectivity index is 1.28. The third-order valence-electron chi connectivity index (χ3n) is 5.81. The first-order chi connectivity index (χ1) is 16.6. The zero-order valence-electron chi connectivity index (χ0n) is 18.7. The number of anilines is 1. The van der Waals surface area contributed by atoms with Gasteiger partial charge < -0.3 is 14.5 Å². The number of carbonyl (C=O) groups is 1. The molecule has 0 aliphatic heterocycles. The molecular formula is C24H22N8OS. The fourth-order valence-corrected chi connectivity index (χ4v) is 4.87. The van der Waals surface area contributed by atoms with Crippen molar-refractivity contribution in [2.45, 2.75) is 38.6 Å². The molecule has 1 amide bonds. The van der Waals surface area contributed by atoms with Gasteiger partial charge in [-0.05, 0) is 51.0 Å². The smallest absolute Gasteiger partial charge is 0.285 e. The molecule has 1 aromatic carbocycles. The van der Waals surface area contributed by atoms with Crippen molar-refractivity contribution < 1.29 is 4.79 Å². The van der Waals surface area contributed by atoms with E-state index in [1.807, 2.05) is 45.8 Å². The summed E-state index contributed by atoms with van der Waals surface area (Å²) >= 11 is 1.36. The third kappa shape index (κ3) is 3.75. The minimum Gasteiger partial charge on any atom is -0.310 e. The molecular weight excluding hydrogens is 448 g/mol. The Morgan fingerprint density at radius 1 is 1.12 bits per heavy atom. The van der Waals surface area contributed by atoms with E-state index in [1.54, 1.807) is 12.4 Å². The van der Waals surface area contributed by atoms with E-state index in [0.717, 1.165) is 21.6 Å². The molecule has 0 saturated heterocycles. The Hall–Kier alpha value is -3.92. The highest BCUT2D eigenvalue weighted by Gasteiger charge is 2.26. The summed E-state index contributed by atoms with van der Waals surface area (Å²) in [6.07, 6.45) is 8.01. The molecule has 1 N–H and O–H groups in total. The molecule has 34 heavy (non-hydrogen) atoms. The number of thiazole rings is 1. The largest absolute Gasteiger partial charge is 0.310 e. The zero-order chi connectivity index (χ0) is 23.2. The minimum absolute atomic E-state index is 0.192. The van der Waals surface area contributed by atoms with Crippen LogP contribution in [0, 0.1) is 0 Å². The van der Waals surface area contributed by atoms with E-state index in [1.165, 1.54) is 24.2 Å². The summed E-state index contributed by atoms with van der Waals surface area (Å²) in [4.78, 5) is 26.8. The summed E-state index contributed by atoms with van der Waals surface area (Å²) in [5.74, 6) is 1.37. The molecule has 6 rings (SSSR count). The molecule has 0 spiro atoms. The van der Waals surface area contributed by atoms with Crippen LogP contribution >= 0.6 is 11.3 Å². The second kappa shape index (κ2) is 8.14. The van der Waals surface area contributed by atoms with E-state index in [-0.39, 0.29) is 11.9 Å². The lowest BCUT2D eigenvalue weighted by molar-refractivity contribution is 0.102. The topological polar surface area (TPSA) is 103 Å². The molecule has 10 heteroatoms. The molecule has 170 valence electrons. The van der Waals surface area contributed by atoms with Crippen molar-refractivity contribution in [1.29, 1.82) is 0 Å². The first-order valence-corrected chi connectivity index (χ1v) is 12.0. The number of benzene rings is 1. The molecule has 1 aliphatic rings. The lowest BCUT2D eigenvalue weighted by Gasteiger charge is -2.10. The third-order valence-corrected chi connectivity index (χ3v) is 6.91. The van der Waals surface area contributed by atoms with Gasteiger partial charge in [0.1, 0.15) is 17.8 Å². The molecule has 4 aromatic heterocycles. The fourth-order valence-electron chi connectivity index (χ4n) is 3.90. The summed E-state index contributed by atoms with van der Waals surface area (Å²) in [5, 5.41) is 11.4. The number of nitrogens with zero attached hydrogens (tertiary/aromatic N) is 7. The molecule has 9 nitrogen and oxygen atoms in total. The summed E-state index contributed by atoms with van der Waals surface area (Å²) in [7, 11) is 0. The zero-order valence-corrected chi connectivity index (χ0v) is 19.5. The van der Waals surface area contributed by atoms with Crippen LogP contribution in [0.25, 0.3) is 27.4 Å². The van der Waals surface area contributed by atoms with Crippen LogP contribution in [-0.2, 0) is 0 Å². The summed E-state index contributed by atoms with van der Waals surface area (Å²) < 4.78 is 4.90. The van der Waals surface area contributed by atoms with Crippen molar-refractivity contribution in [1.82, 2.24) is 34.3 Å². The highest BCUT2D eigenvalue weighted by molar-refractivity contribution is 7.20. The van der Waals surface area contributed by atoms with Crippen LogP contribution in [0.3, 0.4) is 0 Å². The van der Waals surface area contributed by atoms with Gasteiger partial charge in [0.25, 0.3) is 5.91 Å². The monoisotopic (exact) mass is 470 g/mol. The van der Waals surface area contributed by atoms with Crippen molar-refractivity contribution in [3.63, 3.8) is 0 Å². The number of hydrogen-bond donors (Lipinski definition) is 1. The van der Waals surface area contributed by atoms with E-state index in [2.05, 4.69) is 50.5 Å². The molecule has 0 radical (unpaired) electrons. The van der Waals surface area contributed by atoms with E-state index >= 15 is 0 Å². The number of rotatable bonds is 6. The Kier molecular flexibility index (Phi) is 4.95. The van der Waals surface area contributed by atoms with Crippen LogP contribution in [0.4, 0.5) is 5.82 Å². The van der Waals surface area contributed by atoms with Gasteiger partial charge in [-0.3, -0.25) is 4.79 Å². The van der Waals surface area contributed by atoms with Gasteiger partial charge in [-0.1, -0.05) is 12.1 Å². The second-order valence-corrected chi connectivity index (χ2v) is 9.64. The Morgan fingerprint density at radius 2 is 1.97 bits per heavy atom. The van der Waals surface area contributed by atoms with Gasteiger partial charge >= 0.3 is 0 Å². The maximum absolute atomic E-state index is 13.1. The molecule has 5 aromatic rings. The van der Waals surface area contributed by atoms with E-state index in [9.17, 15) is 4.79 Å². The Morgan fingerprint density at radius 3 is 2.79 bits per heavy atom. The first kappa shape index (κ1) is 20.7. The quantitative estimate of drug-likeness (QED) is 0.381. The maximum atomic E-state index is 13.1. The number of carbonyl (C=O) groups excluding carboxylic acids is 1. The number of nitrogens with one attached hydrogen (secondary N) is 1. The van der Waals surface area contributed by atoms with Crippen LogP contribution in [0.1, 0.15) is 54.1 Å². The average molecular weight is 471 g/mol. The molecule has 1 fully saturated rings. The Bertz CT molecular complexity index is 1510. The highest BCUT2D eigenvalue weighted by atomic mass is 32.1. The van der Waals surface area contributed by atoms with E-state index in [4.69, 9.17) is 0 Å². The van der Waals surface area contributed by atoms with Crippen molar-refractivity contribution in [2.75, 3.05) is 5.32 Å². The summed E-state index contributed by atoms with van der Waals surface area (Å²) in [6, 6.07) is 11.5.